The number of rotatable bonds is 10. The highest BCUT2D eigenvalue weighted by molar-refractivity contribution is 5.24. The predicted octanol–water partition coefficient (Wildman–Crippen LogP) is 4.13. The molecule has 24 heavy (non-hydrogen) atoms. The second-order valence-electron chi connectivity index (χ2n) is 7.33. The van der Waals surface area contributed by atoms with Crippen molar-refractivity contribution in [1.29, 1.82) is 0 Å². The summed E-state index contributed by atoms with van der Waals surface area (Å²) < 4.78 is 5.65. The van der Waals surface area contributed by atoms with Gasteiger partial charge >= 0.3 is 0 Å². The van der Waals surface area contributed by atoms with Gasteiger partial charge in [-0.2, -0.15) is 0 Å². The molecule has 0 bridgehead atoms. The van der Waals surface area contributed by atoms with E-state index in [1.165, 1.54) is 63.1 Å². The first-order valence-electron chi connectivity index (χ1n) is 9.80. The minimum absolute atomic E-state index is 0.619. The zero-order valence-electron chi connectivity index (χ0n) is 16.0. The van der Waals surface area contributed by atoms with Gasteiger partial charge in [0.15, 0.2) is 0 Å². The van der Waals surface area contributed by atoms with Crippen molar-refractivity contribution in [2.24, 2.45) is 0 Å². The van der Waals surface area contributed by atoms with E-state index in [1.807, 2.05) is 0 Å². The SMILES string of the molecule is CCCCOCCCN1CCN(Cc2ccc(C(C)C)cc2)CC1. The van der Waals surface area contributed by atoms with E-state index >= 15 is 0 Å². The molecule has 0 unspecified atom stereocenters. The molecule has 0 aliphatic carbocycles. The van der Waals surface area contributed by atoms with E-state index in [1.54, 1.807) is 0 Å². The van der Waals surface area contributed by atoms with Crippen molar-refractivity contribution in [1.82, 2.24) is 9.80 Å². The summed E-state index contributed by atoms with van der Waals surface area (Å²) in [5.41, 5.74) is 2.88. The number of nitrogens with zero attached hydrogens (tertiary/aromatic N) is 2. The summed E-state index contributed by atoms with van der Waals surface area (Å²) >= 11 is 0. The van der Waals surface area contributed by atoms with Crippen LogP contribution in [0.15, 0.2) is 24.3 Å². The van der Waals surface area contributed by atoms with Crippen LogP contribution in [0, 0.1) is 0 Å². The average molecular weight is 333 g/mol. The maximum atomic E-state index is 5.65. The quantitative estimate of drug-likeness (QED) is 0.599. The smallest absolute Gasteiger partial charge is 0.0478 e. The number of unbranched alkanes of at least 4 members (excludes halogenated alkanes) is 1. The third kappa shape index (κ3) is 6.92. The van der Waals surface area contributed by atoms with Gasteiger partial charge in [-0.3, -0.25) is 4.90 Å². The van der Waals surface area contributed by atoms with Gasteiger partial charge < -0.3 is 9.64 Å². The molecule has 1 aromatic carbocycles. The summed E-state index contributed by atoms with van der Waals surface area (Å²) in [5, 5.41) is 0. The molecule has 3 heteroatoms. The summed E-state index contributed by atoms with van der Waals surface area (Å²) in [4.78, 5) is 5.17. The molecule has 0 saturated carbocycles. The van der Waals surface area contributed by atoms with Crippen molar-refractivity contribution in [2.75, 3.05) is 45.9 Å². The Balaban J connectivity index is 1.60. The average Bonchev–Trinajstić information content (AvgIpc) is 2.60. The highest BCUT2D eigenvalue weighted by Crippen LogP contribution is 2.16. The molecule has 1 fully saturated rings. The molecule has 0 aromatic heterocycles. The Labute approximate surface area is 149 Å². The third-order valence-electron chi connectivity index (χ3n) is 4.92. The highest BCUT2D eigenvalue weighted by Gasteiger charge is 2.16. The Morgan fingerprint density at radius 1 is 0.917 bits per heavy atom. The van der Waals surface area contributed by atoms with E-state index in [0.717, 1.165) is 19.8 Å². The largest absolute Gasteiger partial charge is 0.381 e. The van der Waals surface area contributed by atoms with Crippen molar-refractivity contribution >= 4 is 0 Å². The van der Waals surface area contributed by atoms with E-state index in [0.29, 0.717) is 5.92 Å². The van der Waals surface area contributed by atoms with Crippen LogP contribution in [-0.2, 0) is 11.3 Å². The van der Waals surface area contributed by atoms with Crippen molar-refractivity contribution in [3.63, 3.8) is 0 Å². The van der Waals surface area contributed by atoms with Crippen molar-refractivity contribution in [2.45, 2.75) is 52.5 Å². The predicted molar refractivity (Wildman–Crippen MR) is 103 cm³/mol. The topological polar surface area (TPSA) is 15.7 Å². The molecule has 0 N–H and O–H groups in total. The van der Waals surface area contributed by atoms with Crippen molar-refractivity contribution < 1.29 is 4.74 Å². The summed E-state index contributed by atoms with van der Waals surface area (Å²) in [6.45, 7) is 15.6. The molecule has 136 valence electrons. The first-order chi connectivity index (χ1) is 11.7. The van der Waals surface area contributed by atoms with Crippen LogP contribution in [0.25, 0.3) is 0 Å². The van der Waals surface area contributed by atoms with Gasteiger partial charge in [-0.1, -0.05) is 51.5 Å². The Kier molecular flexibility index (Phi) is 8.79. The molecule has 0 amide bonds. The van der Waals surface area contributed by atoms with Crippen LogP contribution in [-0.4, -0.2) is 55.7 Å². The summed E-state index contributed by atoms with van der Waals surface area (Å²) in [7, 11) is 0. The molecule has 0 atom stereocenters. The Bertz CT molecular complexity index is 436. The Morgan fingerprint density at radius 2 is 1.54 bits per heavy atom. The summed E-state index contributed by atoms with van der Waals surface area (Å²) in [6.07, 6.45) is 3.58. The zero-order chi connectivity index (χ0) is 17.2. The van der Waals surface area contributed by atoms with Crippen molar-refractivity contribution in [3.05, 3.63) is 35.4 Å². The van der Waals surface area contributed by atoms with Gasteiger partial charge in [-0.15, -0.1) is 0 Å². The van der Waals surface area contributed by atoms with Crippen molar-refractivity contribution in [3.8, 4) is 0 Å². The first-order valence-corrected chi connectivity index (χ1v) is 9.80. The van der Waals surface area contributed by atoms with E-state index < -0.39 is 0 Å². The van der Waals surface area contributed by atoms with E-state index in [-0.39, 0.29) is 0 Å². The summed E-state index contributed by atoms with van der Waals surface area (Å²) in [6, 6.07) is 9.17. The van der Waals surface area contributed by atoms with Crippen LogP contribution < -0.4 is 0 Å². The number of hydrogen-bond acceptors (Lipinski definition) is 3. The lowest BCUT2D eigenvalue weighted by atomic mass is 10.0. The molecular weight excluding hydrogens is 296 g/mol. The molecule has 0 radical (unpaired) electrons. The maximum Gasteiger partial charge on any atom is 0.0478 e. The van der Waals surface area contributed by atoms with Crippen LogP contribution in [0.4, 0.5) is 0 Å². The number of ether oxygens (including phenoxy) is 1. The number of piperazine rings is 1. The van der Waals surface area contributed by atoms with Gasteiger partial charge in [0.1, 0.15) is 0 Å². The second kappa shape index (κ2) is 10.9. The minimum Gasteiger partial charge on any atom is -0.381 e. The Hall–Kier alpha value is -0.900. The van der Waals surface area contributed by atoms with E-state index in [4.69, 9.17) is 4.74 Å². The fourth-order valence-electron chi connectivity index (χ4n) is 3.18. The molecule has 1 saturated heterocycles. The second-order valence-corrected chi connectivity index (χ2v) is 7.33. The lowest BCUT2D eigenvalue weighted by molar-refractivity contribution is 0.0957. The molecule has 1 aliphatic rings. The fraction of sp³-hybridized carbons (Fsp3) is 0.714. The van der Waals surface area contributed by atoms with Crippen LogP contribution in [0.3, 0.4) is 0 Å². The van der Waals surface area contributed by atoms with Crippen LogP contribution >= 0.6 is 0 Å². The van der Waals surface area contributed by atoms with Crippen LogP contribution in [0.1, 0.15) is 57.1 Å². The Morgan fingerprint density at radius 3 is 2.17 bits per heavy atom. The summed E-state index contributed by atoms with van der Waals surface area (Å²) in [5.74, 6) is 0.619. The third-order valence-corrected chi connectivity index (χ3v) is 4.92. The fourth-order valence-corrected chi connectivity index (χ4v) is 3.18. The number of hydrogen-bond donors (Lipinski definition) is 0. The monoisotopic (exact) mass is 332 g/mol. The standard InChI is InChI=1S/C21H36N2O/c1-4-5-16-24-17-6-11-22-12-14-23(15-13-22)18-20-7-9-21(10-8-20)19(2)3/h7-10,19H,4-6,11-18H2,1-3H3. The van der Waals surface area contributed by atoms with E-state index in [2.05, 4.69) is 54.8 Å². The van der Waals surface area contributed by atoms with Gasteiger partial charge in [0.25, 0.3) is 0 Å². The number of benzene rings is 1. The lowest BCUT2D eigenvalue weighted by Gasteiger charge is -2.34. The molecule has 0 spiro atoms. The molecule has 1 aliphatic heterocycles. The first kappa shape index (κ1) is 19.4. The molecule has 1 heterocycles. The van der Waals surface area contributed by atoms with Crippen LogP contribution in [0.5, 0.6) is 0 Å². The van der Waals surface area contributed by atoms with Gasteiger partial charge in [0, 0.05) is 52.5 Å². The lowest BCUT2D eigenvalue weighted by Crippen LogP contribution is -2.46. The van der Waals surface area contributed by atoms with Crippen LogP contribution in [0.2, 0.25) is 0 Å². The van der Waals surface area contributed by atoms with Gasteiger partial charge in [-0.05, 0) is 29.9 Å². The molecule has 1 aromatic rings. The highest BCUT2D eigenvalue weighted by atomic mass is 16.5. The molecular formula is C21H36N2O. The maximum absolute atomic E-state index is 5.65. The molecule has 3 nitrogen and oxygen atoms in total. The zero-order valence-corrected chi connectivity index (χ0v) is 16.0. The van der Waals surface area contributed by atoms with Gasteiger partial charge in [-0.25, -0.2) is 0 Å². The minimum atomic E-state index is 0.619. The normalized spacial score (nSPS) is 16.8. The molecule has 2 rings (SSSR count). The van der Waals surface area contributed by atoms with Gasteiger partial charge in [0.05, 0.1) is 0 Å². The van der Waals surface area contributed by atoms with E-state index in [9.17, 15) is 0 Å². The van der Waals surface area contributed by atoms with Gasteiger partial charge in [0.2, 0.25) is 0 Å².